The van der Waals surface area contributed by atoms with Crippen molar-refractivity contribution >= 4 is 5.97 Å². The minimum absolute atomic E-state index is 0.0472. The standard InChI is InChI=1S/C10H20O2.C6H14O/c1-3-5-6-7-8-9-10(11)12-4-2;1-5(2)7-6(3)4/h3-9H2,1-2H3;5-6H,1-4H3. The Hall–Kier alpha value is -0.570. The van der Waals surface area contributed by atoms with Gasteiger partial charge in [0, 0.05) is 6.42 Å². The van der Waals surface area contributed by atoms with Crippen LogP contribution in [-0.2, 0) is 14.3 Å². The molecule has 0 radical (unpaired) electrons. The number of hydrogen-bond acceptors (Lipinski definition) is 3. The molecule has 0 aliphatic heterocycles. The Morgan fingerprint density at radius 2 is 1.42 bits per heavy atom. The van der Waals surface area contributed by atoms with Gasteiger partial charge in [-0.05, 0) is 41.0 Å². The summed E-state index contributed by atoms with van der Waals surface area (Å²) in [4.78, 5) is 10.9. The Balaban J connectivity index is 0. The summed E-state index contributed by atoms with van der Waals surface area (Å²) in [7, 11) is 0. The first-order valence-electron chi connectivity index (χ1n) is 7.75. The predicted molar refractivity (Wildman–Crippen MR) is 81.4 cm³/mol. The third-order valence-corrected chi connectivity index (χ3v) is 2.33. The van der Waals surface area contributed by atoms with Crippen LogP contribution in [-0.4, -0.2) is 24.8 Å². The first-order chi connectivity index (χ1) is 8.93. The molecule has 0 saturated carbocycles. The highest BCUT2D eigenvalue weighted by molar-refractivity contribution is 5.69. The van der Waals surface area contributed by atoms with Crippen molar-refractivity contribution < 1.29 is 14.3 Å². The molecule has 0 aliphatic carbocycles. The summed E-state index contributed by atoms with van der Waals surface area (Å²) in [6.07, 6.45) is 7.27. The van der Waals surface area contributed by atoms with Crippen molar-refractivity contribution in [3.8, 4) is 0 Å². The third kappa shape index (κ3) is 23.0. The summed E-state index contributed by atoms with van der Waals surface area (Å²) in [5.41, 5.74) is 0. The lowest BCUT2D eigenvalue weighted by Gasteiger charge is -2.09. The fourth-order valence-corrected chi connectivity index (χ4v) is 1.65. The molecule has 3 heteroatoms. The molecule has 0 spiro atoms. The summed E-state index contributed by atoms with van der Waals surface area (Å²) in [5, 5.41) is 0. The largest absolute Gasteiger partial charge is 0.466 e. The number of hydrogen-bond donors (Lipinski definition) is 0. The maximum atomic E-state index is 10.9. The minimum atomic E-state index is -0.0472. The van der Waals surface area contributed by atoms with Gasteiger partial charge in [0.15, 0.2) is 0 Å². The Bertz CT molecular complexity index is 182. The van der Waals surface area contributed by atoms with Gasteiger partial charge < -0.3 is 9.47 Å². The Kier molecular flexibility index (Phi) is 16.9. The van der Waals surface area contributed by atoms with E-state index in [4.69, 9.17) is 9.47 Å². The Morgan fingerprint density at radius 1 is 0.895 bits per heavy atom. The first-order valence-corrected chi connectivity index (χ1v) is 7.75. The fourth-order valence-electron chi connectivity index (χ4n) is 1.65. The van der Waals surface area contributed by atoms with Gasteiger partial charge in [0.1, 0.15) is 0 Å². The zero-order chi connectivity index (χ0) is 15.1. The van der Waals surface area contributed by atoms with Crippen LogP contribution in [0.3, 0.4) is 0 Å². The van der Waals surface area contributed by atoms with Gasteiger partial charge in [-0.15, -0.1) is 0 Å². The molecule has 0 fully saturated rings. The number of unbranched alkanes of at least 4 members (excludes halogenated alkanes) is 4. The lowest BCUT2D eigenvalue weighted by atomic mass is 10.1. The van der Waals surface area contributed by atoms with Gasteiger partial charge in [-0.25, -0.2) is 0 Å². The van der Waals surface area contributed by atoms with Crippen LogP contribution in [0.4, 0.5) is 0 Å². The van der Waals surface area contributed by atoms with Crippen molar-refractivity contribution in [3.05, 3.63) is 0 Å². The highest BCUT2D eigenvalue weighted by Gasteiger charge is 1.99. The van der Waals surface area contributed by atoms with Crippen molar-refractivity contribution in [1.29, 1.82) is 0 Å². The van der Waals surface area contributed by atoms with Crippen LogP contribution in [0.2, 0.25) is 0 Å². The SMILES string of the molecule is CC(C)OC(C)C.CCCCCCCC(=O)OCC. The molecule has 0 N–H and O–H groups in total. The van der Waals surface area contributed by atoms with Crippen LogP contribution < -0.4 is 0 Å². The third-order valence-electron chi connectivity index (χ3n) is 2.33. The van der Waals surface area contributed by atoms with E-state index in [1.54, 1.807) is 0 Å². The maximum Gasteiger partial charge on any atom is 0.305 e. The summed E-state index contributed by atoms with van der Waals surface area (Å²) >= 11 is 0. The zero-order valence-electron chi connectivity index (χ0n) is 13.8. The summed E-state index contributed by atoms with van der Waals surface area (Å²) in [6, 6.07) is 0. The van der Waals surface area contributed by atoms with Crippen LogP contribution in [0.25, 0.3) is 0 Å². The molecule has 0 amide bonds. The number of carbonyl (C=O) groups is 1. The molecule has 0 aromatic carbocycles. The van der Waals surface area contributed by atoms with E-state index in [9.17, 15) is 4.79 Å². The van der Waals surface area contributed by atoms with E-state index < -0.39 is 0 Å². The highest BCUT2D eigenvalue weighted by Crippen LogP contribution is 2.05. The van der Waals surface area contributed by atoms with Crippen molar-refractivity contribution in [2.45, 2.75) is 92.3 Å². The predicted octanol–water partition coefficient (Wildman–Crippen LogP) is 4.73. The normalized spacial score (nSPS) is 10.3. The molecule has 0 rings (SSSR count). The quantitative estimate of drug-likeness (QED) is 0.450. The van der Waals surface area contributed by atoms with Crippen LogP contribution in [0.1, 0.15) is 80.1 Å². The number of ether oxygens (including phenoxy) is 2. The highest BCUT2D eigenvalue weighted by atomic mass is 16.5. The van der Waals surface area contributed by atoms with Crippen molar-refractivity contribution in [1.82, 2.24) is 0 Å². The second kappa shape index (κ2) is 15.5. The molecule has 19 heavy (non-hydrogen) atoms. The van der Waals surface area contributed by atoms with Crippen LogP contribution in [0, 0.1) is 0 Å². The van der Waals surface area contributed by atoms with Crippen LogP contribution in [0.5, 0.6) is 0 Å². The van der Waals surface area contributed by atoms with Crippen molar-refractivity contribution in [2.75, 3.05) is 6.61 Å². The van der Waals surface area contributed by atoms with Crippen molar-refractivity contribution in [2.24, 2.45) is 0 Å². The molecule has 0 atom stereocenters. The molecule has 0 unspecified atom stereocenters. The van der Waals surface area contributed by atoms with E-state index in [2.05, 4.69) is 6.92 Å². The van der Waals surface area contributed by atoms with E-state index in [1.165, 1.54) is 19.3 Å². The monoisotopic (exact) mass is 274 g/mol. The zero-order valence-corrected chi connectivity index (χ0v) is 13.8. The summed E-state index contributed by atoms with van der Waals surface area (Å²) in [5.74, 6) is -0.0472. The fraction of sp³-hybridized carbons (Fsp3) is 0.938. The molecule has 0 aromatic rings. The van der Waals surface area contributed by atoms with E-state index in [1.807, 2.05) is 34.6 Å². The van der Waals surface area contributed by atoms with E-state index in [0.29, 0.717) is 25.2 Å². The van der Waals surface area contributed by atoms with Crippen molar-refractivity contribution in [3.63, 3.8) is 0 Å². The average Bonchev–Trinajstić information content (AvgIpc) is 2.28. The van der Waals surface area contributed by atoms with Gasteiger partial charge >= 0.3 is 5.97 Å². The molecule has 0 aromatic heterocycles. The second-order valence-electron chi connectivity index (χ2n) is 5.20. The van der Waals surface area contributed by atoms with E-state index in [-0.39, 0.29) is 5.97 Å². The number of rotatable bonds is 9. The Morgan fingerprint density at radius 3 is 1.79 bits per heavy atom. The molecule has 0 saturated heterocycles. The Labute approximate surface area is 120 Å². The van der Waals surface area contributed by atoms with Gasteiger partial charge in [-0.2, -0.15) is 0 Å². The lowest BCUT2D eigenvalue weighted by Crippen LogP contribution is -2.09. The molecule has 0 aliphatic rings. The van der Waals surface area contributed by atoms with E-state index in [0.717, 1.165) is 12.8 Å². The van der Waals surface area contributed by atoms with Gasteiger partial charge in [0.2, 0.25) is 0 Å². The lowest BCUT2D eigenvalue weighted by molar-refractivity contribution is -0.143. The topological polar surface area (TPSA) is 35.5 Å². The smallest absolute Gasteiger partial charge is 0.305 e. The molecule has 0 heterocycles. The van der Waals surface area contributed by atoms with Crippen LogP contribution >= 0.6 is 0 Å². The molecular formula is C16H34O3. The molecule has 3 nitrogen and oxygen atoms in total. The van der Waals surface area contributed by atoms with Gasteiger partial charge in [-0.1, -0.05) is 32.6 Å². The first kappa shape index (κ1) is 20.7. The van der Waals surface area contributed by atoms with Gasteiger partial charge in [-0.3, -0.25) is 4.79 Å². The van der Waals surface area contributed by atoms with E-state index >= 15 is 0 Å². The number of carbonyl (C=O) groups excluding carboxylic acids is 1. The molecule has 116 valence electrons. The number of esters is 1. The molecular weight excluding hydrogens is 240 g/mol. The van der Waals surface area contributed by atoms with Crippen LogP contribution in [0.15, 0.2) is 0 Å². The average molecular weight is 274 g/mol. The maximum absolute atomic E-state index is 10.9. The van der Waals surface area contributed by atoms with Gasteiger partial charge in [0.25, 0.3) is 0 Å². The second-order valence-corrected chi connectivity index (χ2v) is 5.20. The summed E-state index contributed by atoms with van der Waals surface area (Å²) in [6.45, 7) is 12.7. The summed E-state index contributed by atoms with van der Waals surface area (Å²) < 4.78 is 10.1. The minimum Gasteiger partial charge on any atom is -0.466 e. The molecule has 0 bridgehead atoms. The van der Waals surface area contributed by atoms with Gasteiger partial charge in [0.05, 0.1) is 18.8 Å².